The van der Waals surface area contributed by atoms with Crippen molar-refractivity contribution in [2.75, 3.05) is 17.4 Å². The number of nitrogens with zero attached hydrogens (tertiary/aromatic N) is 2. The maximum absolute atomic E-state index is 14.5. The molecule has 0 radical (unpaired) electrons. The molecule has 4 rings (SSSR count). The second-order valence-corrected chi connectivity index (χ2v) is 13.4. The molecule has 0 aliphatic carbocycles. The Kier molecular flexibility index (Phi) is 11.8. The summed E-state index contributed by atoms with van der Waals surface area (Å²) in [6, 6.07) is 29.2. The van der Waals surface area contributed by atoms with Crippen LogP contribution in [0.2, 0.25) is 5.02 Å². The Labute approximate surface area is 271 Å². The Balaban J connectivity index is 1.79. The van der Waals surface area contributed by atoms with E-state index < -0.39 is 28.5 Å². The third-order valence-corrected chi connectivity index (χ3v) is 9.77. The van der Waals surface area contributed by atoms with Gasteiger partial charge in [0.25, 0.3) is 10.0 Å². The molecule has 45 heavy (non-hydrogen) atoms. The average Bonchev–Trinajstić information content (AvgIpc) is 3.03. The first-order valence-electron chi connectivity index (χ1n) is 15.1. The number of halogens is 1. The molecule has 0 unspecified atom stereocenters. The number of amides is 2. The highest BCUT2D eigenvalue weighted by Crippen LogP contribution is 2.26. The van der Waals surface area contributed by atoms with Gasteiger partial charge in [0.1, 0.15) is 12.6 Å². The molecular formula is C36H40ClN3O4S. The van der Waals surface area contributed by atoms with Gasteiger partial charge >= 0.3 is 0 Å². The first-order chi connectivity index (χ1) is 21.6. The Bertz CT molecular complexity index is 1680. The quantitative estimate of drug-likeness (QED) is 0.155. The molecule has 0 bridgehead atoms. The highest BCUT2D eigenvalue weighted by molar-refractivity contribution is 7.92. The van der Waals surface area contributed by atoms with Gasteiger partial charge in [0, 0.05) is 24.5 Å². The van der Waals surface area contributed by atoms with E-state index in [1.807, 2.05) is 57.2 Å². The van der Waals surface area contributed by atoms with Crippen molar-refractivity contribution in [1.29, 1.82) is 0 Å². The number of nitrogens with one attached hydrogen (secondary N) is 1. The predicted molar refractivity (Wildman–Crippen MR) is 181 cm³/mol. The monoisotopic (exact) mass is 645 g/mol. The molecule has 0 saturated carbocycles. The summed E-state index contributed by atoms with van der Waals surface area (Å²) in [4.78, 5) is 29.8. The maximum atomic E-state index is 14.5. The fourth-order valence-electron chi connectivity index (χ4n) is 4.95. The number of anilines is 1. The van der Waals surface area contributed by atoms with Crippen molar-refractivity contribution in [2.45, 2.75) is 57.5 Å². The molecule has 2 amide bonds. The van der Waals surface area contributed by atoms with Gasteiger partial charge in [0.15, 0.2) is 0 Å². The van der Waals surface area contributed by atoms with Gasteiger partial charge in [-0.05, 0) is 61.7 Å². The van der Waals surface area contributed by atoms with Crippen molar-refractivity contribution in [1.82, 2.24) is 10.2 Å². The van der Waals surface area contributed by atoms with Crippen molar-refractivity contribution in [3.8, 4) is 0 Å². The van der Waals surface area contributed by atoms with Crippen molar-refractivity contribution in [3.05, 3.63) is 130 Å². The summed E-state index contributed by atoms with van der Waals surface area (Å²) in [6.45, 7) is 5.79. The lowest BCUT2D eigenvalue weighted by Gasteiger charge is -2.34. The molecule has 0 aliphatic rings. The van der Waals surface area contributed by atoms with Crippen LogP contribution < -0.4 is 9.62 Å². The molecule has 0 fully saturated rings. The van der Waals surface area contributed by atoms with E-state index in [4.69, 9.17) is 11.6 Å². The van der Waals surface area contributed by atoms with Crippen LogP contribution in [0.4, 0.5) is 5.69 Å². The van der Waals surface area contributed by atoms with Gasteiger partial charge in [-0.25, -0.2) is 8.42 Å². The van der Waals surface area contributed by atoms with Crippen LogP contribution in [-0.2, 0) is 32.6 Å². The number of aryl methyl sites for hydroxylation is 2. The van der Waals surface area contributed by atoms with Gasteiger partial charge in [0.05, 0.1) is 10.6 Å². The van der Waals surface area contributed by atoms with E-state index in [2.05, 4.69) is 5.32 Å². The summed E-state index contributed by atoms with van der Waals surface area (Å²) in [5, 5.41) is 3.44. The van der Waals surface area contributed by atoms with Gasteiger partial charge < -0.3 is 10.2 Å². The Morgan fingerprint density at radius 2 is 1.42 bits per heavy atom. The third-order valence-electron chi connectivity index (χ3n) is 7.61. The Morgan fingerprint density at radius 3 is 2.04 bits per heavy atom. The van der Waals surface area contributed by atoms with Crippen LogP contribution in [-0.4, -0.2) is 44.3 Å². The molecule has 0 saturated heterocycles. The highest BCUT2D eigenvalue weighted by atomic mass is 35.5. The first-order valence-corrected chi connectivity index (χ1v) is 16.9. The fourth-order valence-corrected chi connectivity index (χ4v) is 6.56. The fraction of sp³-hybridized carbons (Fsp3) is 0.278. The number of hydrogen-bond donors (Lipinski definition) is 1. The molecule has 0 spiro atoms. The summed E-state index contributed by atoms with van der Waals surface area (Å²) in [5.74, 6) is -0.839. The van der Waals surface area contributed by atoms with Crippen LogP contribution in [0.25, 0.3) is 0 Å². The number of hydrogen-bond acceptors (Lipinski definition) is 4. The van der Waals surface area contributed by atoms with E-state index in [1.54, 1.807) is 54.6 Å². The normalized spacial score (nSPS) is 11.9. The smallest absolute Gasteiger partial charge is 0.264 e. The van der Waals surface area contributed by atoms with Crippen molar-refractivity contribution in [3.63, 3.8) is 0 Å². The molecule has 4 aromatic rings. The molecular weight excluding hydrogens is 606 g/mol. The zero-order valence-corrected chi connectivity index (χ0v) is 27.5. The van der Waals surface area contributed by atoms with Crippen molar-refractivity contribution >= 4 is 39.1 Å². The second kappa shape index (κ2) is 15.7. The molecule has 0 aliphatic heterocycles. The van der Waals surface area contributed by atoms with Crippen LogP contribution in [0.3, 0.4) is 0 Å². The first kappa shape index (κ1) is 33.7. The van der Waals surface area contributed by atoms with Crippen LogP contribution in [0.5, 0.6) is 0 Å². The van der Waals surface area contributed by atoms with Crippen molar-refractivity contribution in [2.24, 2.45) is 0 Å². The van der Waals surface area contributed by atoms with Crippen LogP contribution in [0, 0.1) is 13.8 Å². The van der Waals surface area contributed by atoms with Crippen LogP contribution in [0.1, 0.15) is 42.0 Å². The lowest BCUT2D eigenvalue weighted by molar-refractivity contribution is -0.140. The molecule has 0 aromatic heterocycles. The third kappa shape index (κ3) is 8.96. The van der Waals surface area contributed by atoms with Gasteiger partial charge in [-0.3, -0.25) is 13.9 Å². The average molecular weight is 646 g/mol. The summed E-state index contributed by atoms with van der Waals surface area (Å²) in [7, 11) is -4.16. The van der Waals surface area contributed by atoms with E-state index in [0.29, 0.717) is 22.8 Å². The number of sulfonamides is 1. The van der Waals surface area contributed by atoms with Crippen LogP contribution >= 0.6 is 11.6 Å². The lowest BCUT2D eigenvalue weighted by Crippen LogP contribution is -2.53. The second-order valence-electron chi connectivity index (χ2n) is 11.1. The minimum atomic E-state index is -4.16. The molecule has 1 atom stereocenters. The number of benzene rings is 4. The summed E-state index contributed by atoms with van der Waals surface area (Å²) in [6.07, 6.45) is 1.93. The highest BCUT2D eigenvalue weighted by Gasteiger charge is 2.34. The summed E-state index contributed by atoms with van der Waals surface area (Å²) in [5.41, 5.74) is 3.72. The zero-order valence-electron chi connectivity index (χ0n) is 25.9. The van der Waals surface area contributed by atoms with Crippen LogP contribution in [0.15, 0.2) is 108 Å². The van der Waals surface area contributed by atoms with Gasteiger partial charge in [-0.15, -0.1) is 0 Å². The molecule has 1 N–H and O–H groups in total. The van der Waals surface area contributed by atoms with E-state index in [0.717, 1.165) is 33.8 Å². The Morgan fingerprint density at radius 1 is 0.822 bits per heavy atom. The van der Waals surface area contributed by atoms with Gasteiger partial charge in [-0.2, -0.15) is 0 Å². The van der Waals surface area contributed by atoms with Crippen molar-refractivity contribution < 1.29 is 18.0 Å². The van der Waals surface area contributed by atoms with E-state index in [-0.39, 0.29) is 23.8 Å². The molecule has 7 nitrogen and oxygen atoms in total. The number of carbonyl (C=O) groups excluding carboxylic acids is 2. The molecule has 9 heteroatoms. The molecule has 4 aromatic carbocycles. The minimum Gasteiger partial charge on any atom is -0.354 e. The van der Waals surface area contributed by atoms with E-state index in [9.17, 15) is 18.0 Å². The predicted octanol–water partition coefficient (Wildman–Crippen LogP) is 6.71. The Hall–Kier alpha value is -4.14. The standard InChI is InChI=1S/C36H40ClN3O4S/c1-4-5-23-38-36(42)34(24-29-11-7-6-8-12-29)39(25-30-13-9-10-14-33(30)37)35(41)26-40(31-19-15-27(2)16-20-31)45(43,44)32-21-17-28(3)18-22-32/h6-22,34H,4-5,23-26H2,1-3H3,(H,38,42)/t34-/m1/s1. The zero-order chi connectivity index (χ0) is 32.4. The SMILES string of the molecule is CCCCNC(=O)[C@@H](Cc1ccccc1)N(Cc1ccccc1Cl)C(=O)CN(c1ccc(C)cc1)S(=O)(=O)c1ccc(C)cc1. The number of rotatable bonds is 14. The minimum absolute atomic E-state index is 0.0174. The maximum Gasteiger partial charge on any atom is 0.264 e. The number of unbranched alkanes of at least 4 members (excludes halogenated alkanes) is 1. The molecule has 0 heterocycles. The topological polar surface area (TPSA) is 86.8 Å². The number of carbonyl (C=O) groups is 2. The molecule has 236 valence electrons. The summed E-state index contributed by atoms with van der Waals surface area (Å²) < 4.78 is 29.4. The van der Waals surface area contributed by atoms with Gasteiger partial charge in [-0.1, -0.05) is 109 Å². The lowest BCUT2D eigenvalue weighted by atomic mass is 10.0. The largest absolute Gasteiger partial charge is 0.354 e. The van der Waals surface area contributed by atoms with E-state index >= 15 is 0 Å². The van der Waals surface area contributed by atoms with Gasteiger partial charge in [0.2, 0.25) is 11.8 Å². The summed E-state index contributed by atoms with van der Waals surface area (Å²) >= 11 is 6.56. The van der Waals surface area contributed by atoms with E-state index in [1.165, 1.54) is 17.0 Å².